The van der Waals surface area contributed by atoms with Crippen molar-refractivity contribution in [1.29, 1.82) is 0 Å². The molecule has 2 aromatic rings. The molecule has 0 unspecified atom stereocenters. The molecule has 0 spiro atoms. The lowest BCUT2D eigenvalue weighted by Gasteiger charge is -2.23. The number of aromatic nitrogens is 2. The van der Waals surface area contributed by atoms with Crippen LogP contribution in [0.1, 0.15) is 35.1 Å². The number of hydrazine groups is 1. The number of hydrogen-bond acceptors (Lipinski definition) is 6. The highest BCUT2D eigenvalue weighted by molar-refractivity contribution is 7.90. The van der Waals surface area contributed by atoms with E-state index in [4.69, 9.17) is 5.84 Å². The largest absolute Gasteiger partial charge is 0.350 e. The first-order chi connectivity index (χ1) is 12.5. The number of benzene rings is 1. The Morgan fingerprint density at radius 3 is 2.19 bits per heavy atom. The summed E-state index contributed by atoms with van der Waals surface area (Å²) in [4.78, 5) is 19.8. The van der Waals surface area contributed by atoms with Gasteiger partial charge in [-0.3, -0.25) is 0 Å². The minimum absolute atomic E-state index is 0.190. The van der Waals surface area contributed by atoms with E-state index in [2.05, 4.69) is 16.0 Å². The summed E-state index contributed by atoms with van der Waals surface area (Å²) in [6, 6.07) is 1.33. The molecule has 1 aromatic carbocycles. The number of nitrogens with one attached hydrogen (secondary N) is 1. The topological polar surface area (TPSA) is 118 Å². The number of aryl methyl sites for hydroxylation is 2. The van der Waals surface area contributed by atoms with E-state index in [0.717, 1.165) is 67.1 Å². The number of sulfonamides is 1. The molecule has 0 fully saturated rings. The van der Waals surface area contributed by atoms with Crippen molar-refractivity contribution in [1.82, 2.24) is 14.7 Å². The molecule has 9 heteroatoms. The number of urea groups is 1. The van der Waals surface area contributed by atoms with Crippen molar-refractivity contribution in [2.75, 3.05) is 5.01 Å². The molecular formula is C17H19N5O3S. The number of nitrogens with zero attached hydrogens (tertiary/aromatic N) is 3. The molecule has 136 valence electrons. The molecular weight excluding hydrogens is 354 g/mol. The van der Waals surface area contributed by atoms with Crippen LogP contribution in [0.5, 0.6) is 0 Å². The number of amides is 2. The molecule has 1 heterocycles. The smallest absolute Gasteiger partial charge is 0.246 e. The third kappa shape index (κ3) is 2.82. The zero-order chi connectivity index (χ0) is 18.3. The van der Waals surface area contributed by atoms with E-state index in [-0.39, 0.29) is 4.90 Å². The second kappa shape index (κ2) is 6.33. The molecule has 2 amide bonds. The summed E-state index contributed by atoms with van der Waals surface area (Å²) in [6.07, 6.45) is 9.11. The molecule has 2 aliphatic rings. The maximum atomic E-state index is 12.6. The van der Waals surface area contributed by atoms with Gasteiger partial charge < -0.3 is 0 Å². The lowest BCUT2D eigenvalue weighted by Crippen LogP contribution is -2.47. The van der Waals surface area contributed by atoms with Crippen LogP contribution in [0.4, 0.5) is 10.5 Å². The van der Waals surface area contributed by atoms with E-state index in [1.165, 1.54) is 17.5 Å². The molecule has 0 radical (unpaired) electrons. The van der Waals surface area contributed by atoms with Crippen molar-refractivity contribution >= 4 is 21.7 Å². The highest BCUT2D eigenvalue weighted by Crippen LogP contribution is 2.39. The number of anilines is 1. The summed E-state index contributed by atoms with van der Waals surface area (Å²) in [7, 11) is -4.09. The molecule has 2 aliphatic carbocycles. The highest BCUT2D eigenvalue weighted by Gasteiger charge is 2.30. The second-order valence-corrected chi connectivity index (χ2v) is 8.24. The minimum atomic E-state index is -4.09. The predicted molar refractivity (Wildman–Crippen MR) is 94.9 cm³/mol. The van der Waals surface area contributed by atoms with E-state index >= 15 is 0 Å². The summed E-state index contributed by atoms with van der Waals surface area (Å²) < 4.78 is 26.7. The van der Waals surface area contributed by atoms with Crippen LogP contribution in [0.3, 0.4) is 0 Å². The zero-order valence-corrected chi connectivity index (χ0v) is 14.9. The third-order valence-electron chi connectivity index (χ3n) is 4.97. The Morgan fingerprint density at radius 1 is 1.04 bits per heavy atom. The van der Waals surface area contributed by atoms with Crippen LogP contribution >= 0.6 is 0 Å². The molecule has 0 bridgehead atoms. The summed E-state index contributed by atoms with van der Waals surface area (Å²) >= 11 is 0. The molecule has 1 aromatic heterocycles. The number of nitrogens with two attached hydrogens (primary N) is 1. The third-order valence-corrected chi connectivity index (χ3v) is 6.24. The van der Waals surface area contributed by atoms with Gasteiger partial charge in [0, 0.05) is 0 Å². The van der Waals surface area contributed by atoms with Crippen LogP contribution < -0.4 is 15.6 Å². The lowest BCUT2D eigenvalue weighted by molar-refractivity contribution is 0.251. The van der Waals surface area contributed by atoms with E-state index < -0.39 is 16.1 Å². The Hall–Kier alpha value is -2.52. The van der Waals surface area contributed by atoms with Crippen molar-refractivity contribution in [3.63, 3.8) is 0 Å². The Balaban J connectivity index is 1.67. The molecule has 0 saturated heterocycles. The Kier molecular flexibility index (Phi) is 4.12. The molecule has 0 aliphatic heterocycles. The fraction of sp³-hybridized carbons (Fsp3) is 0.353. The summed E-state index contributed by atoms with van der Waals surface area (Å²) in [6.45, 7) is 0. The summed E-state index contributed by atoms with van der Waals surface area (Å²) in [5.41, 5.74) is 5.21. The van der Waals surface area contributed by atoms with Crippen molar-refractivity contribution < 1.29 is 13.2 Å². The average molecular weight is 373 g/mol. The van der Waals surface area contributed by atoms with Gasteiger partial charge in [-0.1, -0.05) is 6.07 Å². The molecule has 4 rings (SSSR count). The number of carbonyl (C=O) groups is 1. The van der Waals surface area contributed by atoms with E-state index in [0.29, 0.717) is 5.69 Å². The molecule has 8 nitrogen and oxygen atoms in total. The fourth-order valence-electron chi connectivity index (χ4n) is 3.83. The average Bonchev–Trinajstić information content (AvgIpc) is 3.28. The van der Waals surface area contributed by atoms with E-state index in [1.807, 2.05) is 4.72 Å². The van der Waals surface area contributed by atoms with Crippen LogP contribution in [-0.2, 0) is 35.7 Å². The van der Waals surface area contributed by atoms with Gasteiger partial charge in [0.05, 0.1) is 18.1 Å². The van der Waals surface area contributed by atoms with Gasteiger partial charge in [0.1, 0.15) is 11.2 Å². The van der Waals surface area contributed by atoms with Crippen LogP contribution in [0, 0.1) is 0 Å². The van der Waals surface area contributed by atoms with Gasteiger partial charge in [0.25, 0.3) is 10.0 Å². The van der Waals surface area contributed by atoms with Gasteiger partial charge in [-0.25, -0.2) is 38.8 Å². The van der Waals surface area contributed by atoms with Crippen molar-refractivity contribution in [3.05, 3.63) is 47.0 Å². The number of fused-ring (bicyclic) bond motifs is 2. The normalized spacial score (nSPS) is 15.4. The van der Waals surface area contributed by atoms with E-state index in [9.17, 15) is 13.2 Å². The number of hydrogen-bond donors (Lipinski definition) is 2. The van der Waals surface area contributed by atoms with Crippen LogP contribution in [0.25, 0.3) is 0 Å². The van der Waals surface area contributed by atoms with Crippen LogP contribution in [-0.4, -0.2) is 24.4 Å². The predicted octanol–water partition coefficient (Wildman–Crippen LogP) is 1.23. The van der Waals surface area contributed by atoms with Gasteiger partial charge in [0.15, 0.2) is 0 Å². The SMILES string of the molecule is NN(C(=O)NS(=O)(=O)c1cncnc1)c1c2c(cc3c1CCC3)CCC2. The quantitative estimate of drug-likeness (QED) is 0.475. The molecule has 3 N–H and O–H groups in total. The first-order valence-electron chi connectivity index (χ1n) is 8.50. The number of carbonyl (C=O) groups excluding carboxylic acids is 1. The zero-order valence-electron chi connectivity index (χ0n) is 14.1. The maximum absolute atomic E-state index is 12.6. The van der Waals surface area contributed by atoms with Crippen molar-refractivity contribution in [3.8, 4) is 0 Å². The second-order valence-electron chi connectivity index (χ2n) is 6.56. The Morgan fingerprint density at radius 2 is 1.62 bits per heavy atom. The maximum Gasteiger partial charge on any atom is 0.350 e. The van der Waals surface area contributed by atoms with Crippen molar-refractivity contribution in [2.24, 2.45) is 5.84 Å². The molecule has 0 atom stereocenters. The highest BCUT2D eigenvalue weighted by atomic mass is 32.2. The van der Waals surface area contributed by atoms with Gasteiger partial charge in [-0.05, 0) is 60.8 Å². The van der Waals surface area contributed by atoms with E-state index in [1.54, 1.807) is 0 Å². The standard InChI is InChI=1S/C17H19N5O3S/c18-22(17(23)21-26(24,25)13-8-19-10-20-9-13)16-14-5-1-3-11(14)7-12-4-2-6-15(12)16/h7-10H,1-6,18H2,(H,21,23). The number of rotatable bonds is 3. The Labute approximate surface area is 151 Å². The fourth-order valence-corrected chi connectivity index (χ4v) is 4.67. The van der Waals surface area contributed by atoms with Gasteiger partial charge in [-0.2, -0.15) is 0 Å². The first-order valence-corrected chi connectivity index (χ1v) is 9.99. The van der Waals surface area contributed by atoms with Crippen molar-refractivity contribution in [2.45, 2.75) is 43.4 Å². The Bertz CT molecular complexity index is 943. The van der Waals surface area contributed by atoms with Crippen LogP contribution in [0.15, 0.2) is 29.7 Å². The van der Waals surface area contributed by atoms with Crippen LogP contribution in [0.2, 0.25) is 0 Å². The van der Waals surface area contributed by atoms with Gasteiger partial charge in [-0.15, -0.1) is 0 Å². The monoisotopic (exact) mass is 373 g/mol. The molecule has 0 saturated carbocycles. The minimum Gasteiger partial charge on any atom is -0.246 e. The first kappa shape index (κ1) is 16.9. The summed E-state index contributed by atoms with van der Waals surface area (Å²) in [5.74, 6) is 6.10. The lowest BCUT2D eigenvalue weighted by atomic mass is 9.98. The van der Waals surface area contributed by atoms with Gasteiger partial charge >= 0.3 is 6.03 Å². The summed E-state index contributed by atoms with van der Waals surface area (Å²) in [5, 5.41) is 0.954. The van der Waals surface area contributed by atoms with Gasteiger partial charge in [0.2, 0.25) is 0 Å². The molecule has 26 heavy (non-hydrogen) atoms.